The van der Waals surface area contributed by atoms with E-state index >= 15 is 0 Å². The Bertz CT molecular complexity index is 662. The minimum Gasteiger partial charge on any atom is -0.478 e. The molecule has 1 aromatic rings. The molecule has 0 spiro atoms. The molecule has 7 heteroatoms. The summed E-state index contributed by atoms with van der Waals surface area (Å²) in [5.41, 5.74) is -0.138. The van der Waals surface area contributed by atoms with Crippen LogP contribution < -0.4 is 0 Å². The smallest absolute Gasteiger partial charge is 0.340 e. The van der Waals surface area contributed by atoms with Crippen LogP contribution >= 0.6 is 0 Å². The summed E-state index contributed by atoms with van der Waals surface area (Å²) in [6.45, 7) is 7.96. The normalized spacial score (nSPS) is 19.6. The maximum absolute atomic E-state index is 12.8. The summed E-state index contributed by atoms with van der Waals surface area (Å²) in [6.07, 6.45) is 1.51. The maximum atomic E-state index is 12.8. The lowest BCUT2D eigenvalue weighted by atomic mass is 9.83. The van der Waals surface area contributed by atoms with Crippen molar-refractivity contribution in [3.8, 4) is 0 Å². The van der Waals surface area contributed by atoms with E-state index in [2.05, 4.69) is 13.8 Å². The van der Waals surface area contributed by atoms with E-state index in [-0.39, 0.29) is 27.4 Å². The number of furan rings is 1. The molecule has 0 aromatic carbocycles. The summed E-state index contributed by atoms with van der Waals surface area (Å²) in [4.78, 5) is 11.1. The van der Waals surface area contributed by atoms with Crippen molar-refractivity contribution in [3.05, 3.63) is 17.1 Å². The van der Waals surface area contributed by atoms with Crippen LogP contribution in [0.5, 0.6) is 0 Å². The van der Waals surface area contributed by atoms with Crippen molar-refractivity contribution in [2.45, 2.75) is 45.4 Å². The van der Waals surface area contributed by atoms with Crippen molar-refractivity contribution in [1.29, 1.82) is 0 Å². The van der Waals surface area contributed by atoms with Gasteiger partial charge in [0, 0.05) is 13.1 Å². The number of sulfonamides is 1. The van der Waals surface area contributed by atoms with Gasteiger partial charge in [-0.3, -0.25) is 0 Å². The lowest BCUT2D eigenvalue weighted by Crippen LogP contribution is -2.41. The van der Waals surface area contributed by atoms with Gasteiger partial charge in [-0.15, -0.1) is 0 Å². The third kappa shape index (κ3) is 2.85. The van der Waals surface area contributed by atoms with Gasteiger partial charge in [0.25, 0.3) is 0 Å². The van der Waals surface area contributed by atoms with Crippen LogP contribution in [-0.4, -0.2) is 36.9 Å². The molecule has 118 valence electrons. The highest BCUT2D eigenvalue weighted by molar-refractivity contribution is 7.89. The van der Waals surface area contributed by atoms with Gasteiger partial charge in [-0.25, -0.2) is 13.2 Å². The summed E-state index contributed by atoms with van der Waals surface area (Å²) >= 11 is 0. The number of rotatable bonds is 3. The van der Waals surface area contributed by atoms with E-state index in [0.717, 1.165) is 12.8 Å². The molecule has 0 radical (unpaired) electrons. The molecule has 0 atom stereocenters. The Morgan fingerprint density at radius 2 is 1.71 bits per heavy atom. The summed E-state index contributed by atoms with van der Waals surface area (Å²) in [5.74, 6) is -1.02. The molecule has 0 bridgehead atoms. The largest absolute Gasteiger partial charge is 0.478 e. The standard InChI is InChI=1S/C14H21NO5S/c1-9-11(13(16)17)12(10(2)20-9)21(18,19)15-7-5-14(3,4)6-8-15/h5-8H2,1-4H3,(H,16,17). The van der Waals surface area contributed by atoms with Gasteiger partial charge in [-0.05, 0) is 32.1 Å². The van der Waals surface area contributed by atoms with Gasteiger partial charge in [0.05, 0.1) is 0 Å². The van der Waals surface area contributed by atoms with Crippen molar-refractivity contribution >= 4 is 16.0 Å². The Labute approximate surface area is 124 Å². The molecule has 6 nitrogen and oxygen atoms in total. The van der Waals surface area contributed by atoms with Crippen LogP contribution in [0, 0.1) is 19.3 Å². The minimum absolute atomic E-state index is 0.114. The fourth-order valence-electron chi connectivity index (χ4n) is 2.68. The van der Waals surface area contributed by atoms with Crippen LogP contribution in [0.3, 0.4) is 0 Å². The third-order valence-corrected chi connectivity index (χ3v) is 6.15. The molecule has 2 rings (SSSR count). The zero-order valence-electron chi connectivity index (χ0n) is 12.8. The number of aryl methyl sites for hydroxylation is 2. The fraction of sp³-hybridized carbons (Fsp3) is 0.643. The first kappa shape index (κ1) is 16.0. The number of carboxylic acid groups (broad SMARTS) is 1. The van der Waals surface area contributed by atoms with Gasteiger partial charge < -0.3 is 9.52 Å². The molecule has 0 aliphatic carbocycles. The highest BCUT2D eigenvalue weighted by Crippen LogP contribution is 2.35. The average Bonchev–Trinajstić information content (AvgIpc) is 2.64. The Balaban J connectivity index is 2.44. The monoisotopic (exact) mass is 315 g/mol. The van der Waals surface area contributed by atoms with E-state index in [4.69, 9.17) is 4.42 Å². The Kier molecular flexibility index (Phi) is 3.92. The second-order valence-corrected chi connectivity index (χ2v) is 8.17. The van der Waals surface area contributed by atoms with Crippen LogP contribution in [0.25, 0.3) is 0 Å². The van der Waals surface area contributed by atoms with Crippen LogP contribution in [0.2, 0.25) is 0 Å². The quantitative estimate of drug-likeness (QED) is 0.925. The third-order valence-electron chi connectivity index (χ3n) is 4.09. The number of hydrogen-bond donors (Lipinski definition) is 1. The fourth-order valence-corrected chi connectivity index (χ4v) is 4.50. The van der Waals surface area contributed by atoms with Crippen molar-refractivity contribution in [3.63, 3.8) is 0 Å². The molecule has 0 saturated carbocycles. The molecule has 1 saturated heterocycles. The molecular formula is C14H21NO5S. The van der Waals surface area contributed by atoms with Crippen molar-refractivity contribution in [1.82, 2.24) is 4.31 Å². The molecule has 1 fully saturated rings. The number of carbonyl (C=O) groups is 1. The first-order valence-corrected chi connectivity index (χ1v) is 8.34. The Morgan fingerprint density at radius 3 is 2.19 bits per heavy atom. The van der Waals surface area contributed by atoms with Gasteiger partial charge >= 0.3 is 5.97 Å². The summed E-state index contributed by atoms with van der Waals surface area (Å²) in [7, 11) is -3.84. The van der Waals surface area contributed by atoms with Crippen LogP contribution in [0.1, 0.15) is 48.6 Å². The van der Waals surface area contributed by atoms with E-state index in [9.17, 15) is 18.3 Å². The van der Waals surface area contributed by atoms with Gasteiger partial charge in [0.15, 0.2) is 0 Å². The van der Waals surface area contributed by atoms with Crippen LogP contribution in [0.4, 0.5) is 0 Å². The van der Waals surface area contributed by atoms with E-state index in [1.807, 2.05) is 0 Å². The molecule has 0 amide bonds. The highest BCUT2D eigenvalue weighted by atomic mass is 32.2. The van der Waals surface area contributed by atoms with Crippen molar-refractivity contribution in [2.24, 2.45) is 5.41 Å². The summed E-state index contributed by atoms with van der Waals surface area (Å²) in [6, 6.07) is 0. The second kappa shape index (κ2) is 5.14. The predicted molar refractivity (Wildman–Crippen MR) is 76.9 cm³/mol. The lowest BCUT2D eigenvalue weighted by Gasteiger charge is -2.36. The van der Waals surface area contributed by atoms with Crippen LogP contribution in [0.15, 0.2) is 9.31 Å². The first-order chi connectivity index (χ1) is 9.56. The zero-order chi connectivity index (χ0) is 16.0. The number of piperidine rings is 1. The van der Waals surface area contributed by atoms with E-state index in [0.29, 0.717) is 13.1 Å². The van der Waals surface area contributed by atoms with Gasteiger partial charge in [0.1, 0.15) is 22.0 Å². The van der Waals surface area contributed by atoms with Gasteiger partial charge in [0.2, 0.25) is 10.0 Å². The first-order valence-electron chi connectivity index (χ1n) is 6.90. The lowest BCUT2D eigenvalue weighted by molar-refractivity contribution is 0.0691. The molecule has 1 aromatic heterocycles. The number of hydrogen-bond acceptors (Lipinski definition) is 4. The molecule has 1 aliphatic rings. The average molecular weight is 315 g/mol. The Hall–Kier alpha value is -1.34. The van der Waals surface area contributed by atoms with Crippen molar-refractivity contribution < 1.29 is 22.7 Å². The number of nitrogens with zero attached hydrogens (tertiary/aromatic N) is 1. The minimum atomic E-state index is -3.84. The number of carboxylic acids is 1. The number of aromatic carboxylic acids is 1. The second-order valence-electron chi connectivity index (χ2n) is 6.29. The SMILES string of the molecule is Cc1oc(C)c(S(=O)(=O)N2CCC(C)(C)CC2)c1C(=O)O. The van der Waals surface area contributed by atoms with E-state index < -0.39 is 16.0 Å². The maximum Gasteiger partial charge on any atom is 0.340 e. The topological polar surface area (TPSA) is 87.8 Å². The molecule has 1 N–H and O–H groups in total. The highest BCUT2D eigenvalue weighted by Gasteiger charge is 2.38. The van der Waals surface area contributed by atoms with E-state index in [1.165, 1.54) is 18.2 Å². The van der Waals surface area contributed by atoms with E-state index in [1.54, 1.807) is 0 Å². The van der Waals surface area contributed by atoms with Crippen LogP contribution in [-0.2, 0) is 10.0 Å². The van der Waals surface area contributed by atoms with Gasteiger partial charge in [-0.2, -0.15) is 4.31 Å². The molecule has 0 unspecified atom stereocenters. The predicted octanol–water partition coefficient (Wildman–Crippen LogP) is 2.41. The molecular weight excluding hydrogens is 294 g/mol. The molecule has 21 heavy (non-hydrogen) atoms. The summed E-state index contributed by atoms with van der Waals surface area (Å²) in [5, 5.41) is 9.26. The molecule has 1 aliphatic heterocycles. The molecule has 2 heterocycles. The Morgan fingerprint density at radius 1 is 1.19 bits per heavy atom. The van der Waals surface area contributed by atoms with Crippen molar-refractivity contribution in [2.75, 3.05) is 13.1 Å². The zero-order valence-corrected chi connectivity index (χ0v) is 13.6. The summed E-state index contributed by atoms with van der Waals surface area (Å²) < 4.78 is 32.1. The van der Waals surface area contributed by atoms with Gasteiger partial charge in [-0.1, -0.05) is 13.8 Å².